The number of methoxy groups -OCH3 is 1. The van der Waals surface area contributed by atoms with Crippen molar-refractivity contribution in [2.75, 3.05) is 50.7 Å². The van der Waals surface area contributed by atoms with E-state index in [1.54, 1.807) is 13.3 Å². The molecule has 0 spiro atoms. The Kier molecular flexibility index (Phi) is 8.23. The second kappa shape index (κ2) is 12.0. The molecule has 3 aromatic rings. The Labute approximate surface area is 230 Å². The van der Waals surface area contributed by atoms with E-state index >= 15 is 0 Å². The Morgan fingerprint density at radius 2 is 1.82 bits per heavy atom. The number of hydrogen-bond acceptors (Lipinski definition) is 10. The summed E-state index contributed by atoms with van der Waals surface area (Å²) in [5.74, 6) is 2.33. The monoisotopic (exact) mass is 531 g/mol. The predicted octanol–water partition coefficient (Wildman–Crippen LogP) is 4.71. The molecule has 0 bridgehead atoms. The zero-order valence-corrected chi connectivity index (χ0v) is 23.1. The van der Waals surface area contributed by atoms with E-state index < -0.39 is 0 Å². The van der Waals surface area contributed by atoms with Crippen LogP contribution in [-0.4, -0.2) is 85.2 Å². The molecule has 2 atom stereocenters. The van der Waals surface area contributed by atoms with Crippen LogP contribution in [0.3, 0.4) is 0 Å². The number of benzene rings is 1. The van der Waals surface area contributed by atoms with Crippen LogP contribution < -0.4 is 19.7 Å². The summed E-state index contributed by atoms with van der Waals surface area (Å²) in [5, 5.41) is 3.23. The Morgan fingerprint density at radius 1 is 1.05 bits per heavy atom. The summed E-state index contributed by atoms with van der Waals surface area (Å²) in [6, 6.07) is 12.5. The Balaban J connectivity index is 1.32. The highest BCUT2D eigenvalue weighted by Crippen LogP contribution is 2.35. The number of hydrogen-bond donors (Lipinski definition) is 1. The standard InChI is InChI=1S/C29H37N7O3/c1-19-17-36(18-20(2)35(19)4)25-7-9-27(33-28(25)37-5)34-29-31-13-10-23(32-29)21-6-8-26(24(16-21)30-3)39-22-11-14-38-15-12-22/h6-10,13,16,19-20,22H,3,11-12,14-15,17-18H2,1-2,4-5H3,(H,31,32,33,34)/t19-,20+. The molecule has 0 aliphatic carbocycles. The van der Waals surface area contributed by atoms with Gasteiger partial charge in [0, 0.05) is 49.8 Å². The lowest BCUT2D eigenvalue weighted by molar-refractivity contribution is 0.0258. The van der Waals surface area contributed by atoms with Gasteiger partial charge in [-0.25, -0.2) is 9.97 Å². The van der Waals surface area contributed by atoms with Gasteiger partial charge in [0.25, 0.3) is 0 Å². The zero-order valence-electron chi connectivity index (χ0n) is 23.1. The molecular formula is C29H37N7O3. The molecule has 10 heteroatoms. The number of rotatable bonds is 8. The molecule has 4 heterocycles. The highest BCUT2D eigenvalue weighted by molar-refractivity contribution is 5.70. The van der Waals surface area contributed by atoms with Gasteiger partial charge in [-0.15, -0.1) is 0 Å². The van der Waals surface area contributed by atoms with Gasteiger partial charge in [-0.3, -0.25) is 9.89 Å². The van der Waals surface area contributed by atoms with Crippen molar-refractivity contribution in [3.63, 3.8) is 0 Å². The molecular weight excluding hydrogens is 494 g/mol. The maximum absolute atomic E-state index is 6.18. The van der Waals surface area contributed by atoms with Crippen LogP contribution in [-0.2, 0) is 4.74 Å². The topological polar surface area (TPSA) is 97.2 Å². The fourth-order valence-corrected chi connectivity index (χ4v) is 5.06. The third kappa shape index (κ3) is 6.12. The fraction of sp³-hybridized carbons (Fsp3) is 0.448. The maximum Gasteiger partial charge on any atom is 0.239 e. The average molecular weight is 532 g/mol. The van der Waals surface area contributed by atoms with Gasteiger partial charge >= 0.3 is 0 Å². The second-order valence-corrected chi connectivity index (χ2v) is 10.2. The minimum Gasteiger partial charge on any atom is -0.488 e. The molecule has 0 unspecified atom stereocenters. The van der Waals surface area contributed by atoms with Crippen LogP contribution in [0, 0.1) is 0 Å². The number of aromatic nitrogens is 3. The number of piperazine rings is 1. The van der Waals surface area contributed by atoms with Gasteiger partial charge in [-0.1, -0.05) is 0 Å². The van der Waals surface area contributed by atoms with Gasteiger partial charge in [-0.05, 0) is 64.0 Å². The van der Waals surface area contributed by atoms with Crippen molar-refractivity contribution in [2.24, 2.45) is 4.99 Å². The van der Waals surface area contributed by atoms with Crippen LogP contribution >= 0.6 is 0 Å². The maximum atomic E-state index is 6.18. The third-order valence-corrected chi connectivity index (χ3v) is 7.52. The molecule has 0 amide bonds. The first kappa shape index (κ1) is 26.8. The van der Waals surface area contributed by atoms with E-state index in [1.807, 2.05) is 36.4 Å². The van der Waals surface area contributed by atoms with Crippen molar-refractivity contribution < 1.29 is 14.2 Å². The molecule has 10 nitrogen and oxygen atoms in total. The summed E-state index contributed by atoms with van der Waals surface area (Å²) >= 11 is 0. The highest BCUT2D eigenvalue weighted by Gasteiger charge is 2.28. The molecule has 2 aliphatic heterocycles. The SMILES string of the molecule is C=Nc1cc(-c2ccnc(Nc3ccc(N4C[C@@H](C)N(C)[C@@H](C)C4)c(OC)n3)n2)ccc1OC1CCOCC1. The molecule has 5 rings (SSSR count). The number of pyridine rings is 1. The van der Waals surface area contributed by atoms with E-state index in [-0.39, 0.29) is 6.10 Å². The Hall–Kier alpha value is -3.76. The van der Waals surface area contributed by atoms with Crippen molar-refractivity contribution in [3.05, 3.63) is 42.6 Å². The van der Waals surface area contributed by atoms with E-state index in [4.69, 9.17) is 24.2 Å². The minimum atomic E-state index is 0.124. The van der Waals surface area contributed by atoms with Crippen molar-refractivity contribution in [3.8, 4) is 22.9 Å². The van der Waals surface area contributed by atoms with Crippen molar-refractivity contribution in [1.82, 2.24) is 19.9 Å². The quantitative estimate of drug-likeness (QED) is 0.415. The molecule has 39 heavy (non-hydrogen) atoms. The van der Waals surface area contributed by atoms with Crippen LogP contribution in [0.1, 0.15) is 26.7 Å². The molecule has 1 N–H and O–H groups in total. The Morgan fingerprint density at radius 3 is 2.54 bits per heavy atom. The predicted molar refractivity (Wildman–Crippen MR) is 154 cm³/mol. The highest BCUT2D eigenvalue weighted by atomic mass is 16.5. The molecule has 1 aromatic carbocycles. The van der Waals surface area contributed by atoms with E-state index in [0.717, 1.165) is 42.9 Å². The first-order chi connectivity index (χ1) is 18.9. The number of nitrogens with zero attached hydrogens (tertiary/aromatic N) is 6. The molecule has 206 valence electrons. The van der Waals surface area contributed by atoms with Gasteiger partial charge in [0.15, 0.2) is 0 Å². The average Bonchev–Trinajstić information content (AvgIpc) is 2.96. The van der Waals surface area contributed by atoms with Gasteiger partial charge in [0.2, 0.25) is 11.8 Å². The van der Waals surface area contributed by atoms with Crippen LogP contribution in [0.4, 0.5) is 23.1 Å². The van der Waals surface area contributed by atoms with Gasteiger partial charge in [-0.2, -0.15) is 4.98 Å². The molecule has 2 aliphatic rings. The smallest absolute Gasteiger partial charge is 0.239 e. The van der Waals surface area contributed by atoms with E-state index in [2.05, 4.69) is 52.7 Å². The number of ether oxygens (including phenoxy) is 3. The molecule has 0 radical (unpaired) electrons. The summed E-state index contributed by atoms with van der Waals surface area (Å²) in [5.41, 5.74) is 3.30. The molecule has 2 fully saturated rings. The van der Waals surface area contributed by atoms with E-state index in [0.29, 0.717) is 54.4 Å². The number of aliphatic imine (C=N–C) groups is 1. The summed E-state index contributed by atoms with van der Waals surface area (Å²) in [7, 11) is 3.82. The van der Waals surface area contributed by atoms with Crippen LogP contribution in [0.15, 0.2) is 47.6 Å². The molecule has 0 saturated carbocycles. The fourth-order valence-electron chi connectivity index (χ4n) is 5.06. The van der Waals surface area contributed by atoms with Gasteiger partial charge in [0.05, 0.1) is 26.0 Å². The number of anilines is 3. The first-order valence-corrected chi connectivity index (χ1v) is 13.4. The van der Waals surface area contributed by atoms with Crippen molar-refractivity contribution >= 4 is 29.9 Å². The summed E-state index contributed by atoms with van der Waals surface area (Å²) in [6.45, 7) is 11.5. The number of likely N-dealkylation sites (N-methyl/N-ethyl adjacent to an activating group) is 1. The van der Waals surface area contributed by atoms with Crippen LogP contribution in [0.5, 0.6) is 11.6 Å². The third-order valence-electron chi connectivity index (χ3n) is 7.52. The molecule has 2 aromatic heterocycles. The van der Waals surface area contributed by atoms with Gasteiger partial charge in [0.1, 0.15) is 29.0 Å². The lowest BCUT2D eigenvalue weighted by Gasteiger charge is -2.43. The van der Waals surface area contributed by atoms with Crippen molar-refractivity contribution in [1.29, 1.82) is 0 Å². The van der Waals surface area contributed by atoms with Crippen LogP contribution in [0.2, 0.25) is 0 Å². The minimum absolute atomic E-state index is 0.124. The first-order valence-electron chi connectivity index (χ1n) is 13.4. The largest absolute Gasteiger partial charge is 0.488 e. The summed E-state index contributed by atoms with van der Waals surface area (Å²) in [4.78, 5) is 22.8. The summed E-state index contributed by atoms with van der Waals surface area (Å²) in [6.07, 6.45) is 3.58. The van der Waals surface area contributed by atoms with E-state index in [1.165, 1.54) is 0 Å². The number of nitrogens with one attached hydrogen (secondary N) is 1. The lowest BCUT2D eigenvalue weighted by Crippen LogP contribution is -2.55. The van der Waals surface area contributed by atoms with E-state index in [9.17, 15) is 0 Å². The van der Waals surface area contributed by atoms with Crippen LogP contribution in [0.25, 0.3) is 11.3 Å². The zero-order chi connectivity index (χ0) is 27.4. The lowest BCUT2D eigenvalue weighted by atomic mass is 10.1. The normalized spacial score (nSPS) is 20.5. The Bertz CT molecular complexity index is 1290. The molecule has 2 saturated heterocycles. The van der Waals surface area contributed by atoms with Gasteiger partial charge < -0.3 is 24.4 Å². The van der Waals surface area contributed by atoms with Crippen molar-refractivity contribution in [2.45, 2.75) is 44.9 Å². The second-order valence-electron chi connectivity index (χ2n) is 10.2. The summed E-state index contributed by atoms with van der Waals surface area (Å²) < 4.78 is 17.3.